The molecule has 32 heavy (non-hydrogen) atoms. The van der Waals surface area contributed by atoms with Gasteiger partial charge in [-0.1, -0.05) is 12.1 Å². The third kappa shape index (κ3) is 6.74. The molecule has 0 radical (unpaired) electrons. The molecule has 0 spiro atoms. The topological polar surface area (TPSA) is 128 Å². The van der Waals surface area contributed by atoms with Gasteiger partial charge in [-0.2, -0.15) is 0 Å². The minimum Gasteiger partial charge on any atom is -0.449 e. The van der Waals surface area contributed by atoms with Gasteiger partial charge in [-0.25, -0.2) is 18.0 Å². The van der Waals surface area contributed by atoms with Gasteiger partial charge >= 0.3 is 5.97 Å². The Bertz CT molecular complexity index is 1050. The highest BCUT2D eigenvalue weighted by molar-refractivity contribution is 8.00. The number of thioether (sulfide) groups is 1. The molecule has 3 amide bonds. The van der Waals surface area contributed by atoms with Gasteiger partial charge in [0.15, 0.2) is 23.6 Å². The van der Waals surface area contributed by atoms with Crippen molar-refractivity contribution in [3.8, 4) is 0 Å². The number of carbonyl (C=O) groups excluding carboxylic acids is 4. The van der Waals surface area contributed by atoms with Gasteiger partial charge in [0.25, 0.3) is 5.91 Å². The van der Waals surface area contributed by atoms with Crippen LogP contribution in [0.2, 0.25) is 0 Å². The van der Waals surface area contributed by atoms with E-state index in [1.807, 2.05) is 5.32 Å². The molecule has 0 heterocycles. The molecule has 0 fully saturated rings. The minimum absolute atomic E-state index is 0.0615. The first-order valence-corrected chi connectivity index (χ1v) is 10.0. The number of nitrogens with one attached hydrogen (secondary N) is 2. The van der Waals surface area contributed by atoms with E-state index in [0.717, 1.165) is 17.8 Å². The average Bonchev–Trinajstić information content (AvgIpc) is 2.76. The predicted octanol–water partition coefficient (Wildman–Crippen LogP) is 1.98. The van der Waals surface area contributed by atoms with Gasteiger partial charge in [-0.15, -0.1) is 11.8 Å². The highest BCUT2D eigenvalue weighted by Crippen LogP contribution is 2.23. The summed E-state index contributed by atoms with van der Waals surface area (Å²) in [4.78, 5) is 47.7. The molecule has 2 aromatic rings. The lowest BCUT2D eigenvalue weighted by Gasteiger charge is -2.15. The van der Waals surface area contributed by atoms with Crippen molar-refractivity contribution in [3.05, 3.63) is 59.4 Å². The van der Waals surface area contributed by atoms with E-state index in [9.17, 15) is 32.3 Å². The first kappa shape index (κ1) is 24.7. The zero-order chi connectivity index (χ0) is 23.8. The fourth-order valence-corrected chi connectivity index (χ4v) is 3.09. The smallest absolute Gasteiger partial charge is 0.340 e. The lowest BCUT2D eigenvalue weighted by Crippen LogP contribution is -2.40. The molecule has 0 saturated heterocycles. The summed E-state index contributed by atoms with van der Waals surface area (Å²) in [6.45, 7) is 0.615. The Kier molecular flexibility index (Phi) is 8.64. The number of esters is 1. The summed E-state index contributed by atoms with van der Waals surface area (Å²) < 4.78 is 44.8. The van der Waals surface area contributed by atoms with E-state index >= 15 is 0 Å². The second-order valence-corrected chi connectivity index (χ2v) is 7.30. The number of amides is 3. The third-order valence-corrected chi connectivity index (χ3v) is 4.96. The summed E-state index contributed by atoms with van der Waals surface area (Å²) in [6.07, 6.45) is -1.30. The Labute approximate surface area is 184 Å². The van der Waals surface area contributed by atoms with Crippen molar-refractivity contribution < 1.29 is 37.1 Å². The van der Waals surface area contributed by atoms with E-state index in [0.29, 0.717) is 11.0 Å². The molecular formula is C20H18F3N3O5S. The zero-order valence-corrected chi connectivity index (χ0v) is 17.4. The largest absolute Gasteiger partial charge is 0.449 e. The van der Waals surface area contributed by atoms with Crippen LogP contribution in [0, 0.1) is 17.5 Å². The number of primary amides is 1. The van der Waals surface area contributed by atoms with Crippen LogP contribution in [0.15, 0.2) is 41.3 Å². The van der Waals surface area contributed by atoms with E-state index in [4.69, 9.17) is 10.5 Å². The molecule has 1 atom stereocenters. The molecule has 0 aromatic heterocycles. The van der Waals surface area contributed by atoms with Crippen molar-refractivity contribution in [2.45, 2.75) is 17.9 Å². The predicted molar refractivity (Wildman–Crippen MR) is 109 cm³/mol. The Hall–Kier alpha value is -3.54. The number of ether oxygens (including phenoxy) is 1. The molecule has 0 aliphatic rings. The first-order valence-electron chi connectivity index (χ1n) is 9.02. The molecule has 170 valence electrons. The molecule has 0 aliphatic carbocycles. The summed E-state index contributed by atoms with van der Waals surface area (Å²) in [5.41, 5.74) is 4.61. The molecule has 0 bridgehead atoms. The van der Waals surface area contributed by atoms with Gasteiger partial charge < -0.3 is 21.1 Å². The van der Waals surface area contributed by atoms with E-state index < -0.39 is 59.5 Å². The quantitative estimate of drug-likeness (QED) is 0.293. The number of hydrogen-bond acceptors (Lipinski definition) is 6. The second-order valence-electron chi connectivity index (χ2n) is 6.29. The van der Waals surface area contributed by atoms with Crippen molar-refractivity contribution in [3.63, 3.8) is 0 Å². The summed E-state index contributed by atoms with van der Waals surface area (Å²) in [7, 11) is 0. The monoisotopic (exact) mass is 469 g/mol. The molecule has 1 unspecified atom stereocenters. The zero-order valence-electron chi connectivity index (χ0n) is 16.6. The molecule has 8 nitrogen and oxygen atoms in total. The van der Waals surface area contributed by atoms with Crippen LogP contribution >= 0.6 is 11.8 Å². The minimum atomic E-state index is -1.75. The second kappa shape index (κ2) is 11.2. The standard InChI is InChI=1S/C20H18F3N3O5S/c1-10(31-20(30)11-4-2-3-5-14(11)32-9-15(24)27)19(29)25-8-16(28)26-13-7-6-12(21)17(22)18(13)23/h2-7,10H,8-9H2,1H3,(H2,24,27)(H,25,29)(H,26,28). The van der Waals surface area contributed by atoms with Crippen molar-refractivity contribution >= 4 is 41.1 Å². The third-order valence-electron chi connectivity index (χ3n) is 3.86. The molecule has 4 N–H and O–H groups in total. The Morgan fingerprint density at radius 1 is 1.06 bits per heavy atom. The van der Waals surface area contributed by atoms with Gasteiger partial charge in [-0.05, 0) is 31.2 Å². The van der Waals surface area contributed by atoms with Crippen LogP contribution in [0.5, 0.6) is 0 Å². The number of nitrogens with two attached hydrogens (primary N) is 1. The van der Waals surface area contributed by atoms with Crippen LogP contribution in [0.4, 0.5) is 18.9 Å². The van der Waals surface area contributed by atoms with Gasteiger partial charge in [0.2, 0.25) is 11.8 Å². The fraction of sp³-hybridized carbons (Fsp3) is 0.200. The highest BCUT2D eigenvalue weighted by atomic mass is 32.2. The molecule has 0 aliphatic heterocycles. The van der Waals surface area contributed by atoms with Crippen LogP contribution in [-0.4, -0.2) is 42.1 Å². The van der Waals surface area contributed by atoms with E-state index in [1.54, 1.807) is 18.2 Å². The number of benzene rings is 2. The average molecular weight is 469 g/mol. The maximum absolute atomic E-state index is 13.6. The van der Waals surface area contributed by atoms with Gasteiger partial charge in [-0.3, -0.25) is 14.4 Å². The van der Waals surface area contributed by atoms with E-state index in [1.165, 1.54) is 13.0 Å². The maximum Gasteiger partial charge on any atom is 0.340 e. The maximum atomic E-state index is 13.6. The first-order chi connectivity index (χ1) is 15.1. The van der Waals surface area contributed by atoms with E-state index in [2.05, 4.69) is 5.32 Å². The van der Waals surface area contributed by atoms with Crippen LogP contribution in [0.3, 0.4) is 0 Å². The van der Waals surface area contributed by atoms with Gasteiger partial charge in [0.1, 0.15) is 0 Å². The van der Waals surface area contributed by atoms with Crippen LogP contribution in [0.25, 0.3) is 0 Å². The lowest BCUT2D eigenvalue weighted by molar-refractivity contribution is -0.130. The van der Waals surface area contributed by atoms with E-state index in [-0.39, 0.29) is 11.3 Å². The SMILES string of the molecule is CC(OC(=O)c1ccccc1SCC(N)=O)C(=O)NCC(=O)Nc1ccc(F)c(F)c1F. The number of carbonyl (C=O) groups is 4. The summed E-state index contributed by atoms with van der Waals surface area (Å²) in [5.74, 6) is -7.98. The van der Waals surface area contributed by atoms with Gasteiger partial charge in [0.05, 0.1) is 23.5 Å². The number of hydrogen-bond donors (Lipinski definition) is 3. The molecule has 0 saturated carbocycles. The van der Waals surface area contributed by atoms with Crippen LogP contribution in [0.1, 0.15) is 17.3 Å². The molecule has 2 rings (SSSR count). The lowest BCUT2D eigenvalue weighted by atomic mass is 10.2. The molecular weight excluding hydrogens is 451 g/mol. The highest BCUT2D eigenvalue weighted by Gasteiger charge is 2.22. The van der Waals surface area contributed by atoms with Crippen molar-refractivity contribution in [1.29, 1.82) is 0 Å². The Morgan fingerprint density at radius 2 is 1.75 bits per heavy atom. The molecule has 12 heteroatoms. The normalized spacial score (nSPS) is 11.4. The number of halogens is 3. The summed E-state index contributed by atoms with van der Waals surface area (Å²) in [5, 5.41) is 4.16. The number of anilines is 1. The number of rotatable bonds is 9. The van der Waals surface area contributed by atoms with Crippen molar-refractivity contribution in [2.24, 2.45) is 5.73 Å². The summed E-state index contributed by atoms with van der Waals surface area (Å²) >= 11 is 1.03. The van der Waals surface area contributed by atoms with Crippen LogP contribution in [-0.2, 0) is 19.1 Å². The molecule has 2 aromatic carbocycles. The van der Waals surface area contributed by atoms with Crippen LogP contribution < -0.4 is 16.4 Å². The Balaban J connectivity index is 1.91. The Morgan fingerprint density at radius 3 is 2.44 bits per heavy atom. The van der Waals surface area contributed by atoms with Crippen molar-refractivity contribution in [2.75, 3.05) is 17.6 Å². The summed E-state index contributed by atoms with van der Waals surface area (Å²) in [6, 6.07) is 7.69. The van der Waals surface area contributed by atoms with Crippen molar-refractivity contribution in [1.82, 2.24) is 5.32 Å². The van der Waals surface area contributed by atoms with Gasteiger partial charge in [0, 0.05) is 4.90 Å². The fourth-order valence-electron chi connectivity index (χ4n) is 2.32.